The molecule has 3 N–H and O–H groups in total. The van der Waals surface area contributed by atoms with Gasteiger partial charge in [0.25, 0.3) is 5.91 Å². The van der Waals surface area contributed by atoms with Crippen LogP contribution in [0, 0.1) is 11.8 Å². The Morgan fingerprint density at radius 2 is 2.39 bits per heavy atom. The average molecular weight is 258 g/mol. The Kier molecular flexibility index (Phi) is 4.02. The monoisotopic (exact) mass is 258 g/mol. The van der Waals surface area contributed by atoms with Crippen LogP contribution in [0.5, 0.6) is 0 Å². The quantitative estimate of drug-likeness (QED) is 0.790. The predicted octanol–water partition coefficient (Wildman–Crippen LogP) is 1.10. The molecule has 0 atom stereocenters. The molecule has 2 rings (SSSR count). The maximum Gasteiger partial charge on any atom is 0.256 e. The van der Waals surface area contributed by atoms with Crippen LogP contribution in [0.4, 0.5) is 5.00 Å². The maximum atomic E-state index is 11.9. The van der Waals surface area contributed by atoms with Gasteiger partial charge in [-0.3, -0.25) is 4.79 Å². The summed E-state index contributed by atoms with van der Waals surface area (Å²) in [7, 11) is 0. The van der Waals surface area contributed by atoms with Crippen LogP contribution in [0.15, 0.2) is 30.5 Å². The first-order chi connectivity index (χ1) is 8.79. The zero-order valence-corrected chi connectivity index (χ0v) is 10.2. The number of amides is 1. The molecule has 0 bridgehead atoms. The standard InChI is InChI=1S/C12H10N4OS/c13-6-2-4-9-3-1-5-10(7-9)12(17)15-11-8-14-16-18-11/h1,3,5,7-8H,6,13H2,(H,15,17). The van der Waals surface area contributed by atoms with E-state index < -0.39 is 0 Å². The van der Waals surface area contributed by atoms with Gasteiger partial charge < -0.3 is 11.1 Å². The van der Waals surface area contributed by atoms with Crippen molar-refractivity contribution in [3.05, 3.63) is 41.6 Å². The van der Waals surface area contributed by atoms with Gasteiger partial charge in [-0.2, -0.15) is 0 Å². The number of nitrogens with two attached hydrogens (primary N) is 1. The first-order valence-corrected chi connectivity index (χ1v) is 5.94. The van der Waals surface area contributed by atoms with E-state index in [9.17, 15) is 4.79 Å². The van der Waals surface area contributed by atoms with Gasteiger partial charge in [0.2, 0.25) is 0 Å². The summed E-state index contributed by atoms with van der Waals surface area (Å²) in [4.78, 5) is 11.9. The molecule has 1 amide bonds. The first kappa shape index (κ1) is 12.2. The molecule has 0 aliphatic heterocycles. The average Bonchev–Trinajstić information content (AvgIpc) is 2.89. The molecule has 18 heavy (non-hydrogen) atoms. The third-order valence-electron chi connectivity index (χ3n) is 2.06. The molecule has 0 fully saturated rings. The van der Waals surface area contributed by atoms with E-state index in [1.807, 2.05) is 6.07 Å². The zero-order chi connectivity index (χ0) is 12.8. The number of benzene rings is 1. The molecule has 1 aromatic heterocycles. The van der Waals surface area contributed by atoms with Crippen LogP contribution < -0.4 is 11.1 Å². The predicted molar refractivity (Wildman–Crippen MR) is 70.2 cm³/mol. The molecule has 1 heterocycles. The highest BCUT2D eigenvalue weighted by Gasteiger charge is 2.07. The van der Waals surface area contributed by atoms with E-state index >= 15 is 0 Å². The Morgan fingerprint density at radius 3 is 3.11 bits per heavy atom. The van der Waals surface area contributed by atoms with Gasteiger partial charge in [-0.1, -0.05) is 22.4 Å². The SMILES string of the molecule is NCC#Cc1cccc(C(=O)Nc2cnns2)c1. The van der Waals surface area contributed by atoms with Gasteiger partial charge in [0.15, 0.2) is 0 Å². The fraction of sp³-hybridized carbons (Fsp3) is 0.0833. The first-order valence-electron chi connectivity index (χ1n) is 5.17. The fourth-order valence-electron chi connectivity index (χ4n) is 1.30. The number of anilines is 1. The van der Waals surface area contributed by atoms with Crippen molar-refractivity contribution in [2.45, 2.75) is 0 Å². The molecular formula is C12H10N4OS. The lowest BCUT2D eigenvalue weighted by molar-refractivity contribution is 0.102. The summed E-state index contributed by atoms with van der Waals surface area (Å²) in [6.45, 7) is 0.295. The van der Waals surface area contributed by atoms with Gasteiger partial charge in [-0.05, 0) is 18.2 Å². The molecule has 0 saturated heterocycles. The molecular weight excluding hydrogens is 248 g/mol. The fourth-order valence-corrected chi connectivity index (χ4v) is 1.71. The lowest BCUT2D eigenvalue weighted by atomic mass is 10.1. The number of carbonyl (C=O) groups is 1. The Bertz CT molecular complexity index is 598. The molecule has 0 aliphatic carbocycles. The smallest absolute Gasteiger partial charge is 0.256 e. The van der Waals surface area contributed by atoms with Crippen molar-refractivity contribution in [3.63, 3.8) is 0 Å². The van der Waals surface area contributed by atoms with E-state index in [4.69, 9.17) is 5.73 Å². The summed E-state index contributed by atoms with van der Waals surface area (Å²) in [5.41, 5.74) is 6.59. The van der Waals surface area contributed by atoms with Crippen molar-refractivity contribution in [2.75, 3.05) is 11.9 Å². The van der Waals surface area contributed by atoms with Crippen molar-refractivity contribution in [1.29, 1.82) is 0 Å². The van der Waals surface area contributed by atoms with Gasteiger partial charge >= 0.3 is 0 Å². The third-order valence-corrected chi connectivity index (χ3v) is 2.64. The van der Waals surface area contributed by atoms with Crippen LogP contribution in [0.25, 0.3) is 0 Å². The second-order valence-corrected chi connectivity index (χ2v) is 4.11. The normalized spacial score (nSPS) is 9.39. The van der Waals surface area contributed by atoms with Crippen LogP contribution in [-0.2, 0) is 0 Å². The van der Waals surface area contributed by atoms with E-state index in [-0.39, 0.29) is 5.91 Å². The highest BCUT2D eigenvalue weighted by atomic mass is 32.1. The summed E-state index contributed by atoms with van der Waals surface area (Å²) < 4.78 is 3.67. The van der Waals surface area contributed by atoms with E-state index in [2.05, 4.69) is 26.7 Å². The van der Waals surface area contributed by atoms with E-state index in [1.165, 1.54) is 6.20 Å². The summed E-state index contributed by atoms with van der Waals surface area (Å²) in [6.07, 6.45) is 1.50. The van der Waals surface area contributed by atoms with E-state index in [0.29, 0.717) is 17.1 Å². The number of hydrogen-bond acceptors (Lipinski definition) is 5. The minimum Gasteiger partial charge on any atom is -0.320 e. The van der Waals surface area contributed by atoms with Crippen LogP contribution >= 0.6 is 11.5 Å². The largest absolute Gasteiger partial charge is 0.320 e. The number of carbonyl (C=O) groups excluding carboxylic acids is 1. The minimum atomic E-state index is -0.211. The third kappa shape index (κ3) is 3.13. The summed E-state index contributed by atoms with van der Waals surface area (Å²) in [5, 5.41) is 6.96. The van der Waals surface area contributed by atoms with Crippen molar-refractivity contribution < 1.29 is 4.79 Å². The van der Waals surface area contributed by atoms with Crippen LogP contribution in [0.1, 0.15) is 15.9 Å². The molecule has 0 radical (unpaired) electrons. The number of rotatable bonds is 2. The topological polar surface area (TPSA) is 80.9 Å². The molecule has 5 nitrogen and oxygen atoms in total. The number of hydrogen-bond donors (Lipinski definition) is 2. The van der Waals surface area contributed by atoms with Gasteiger partial charge in [0.1, 0.15) is 5.00 Å². The van der Waals surface area contributed by atoms with Crippen molar-refractivity contribution >= 4 is 22.4 Å². The number of nitrogens with one attached hydrogen (secondary N) is 1. The van der Waals surface area contributed by atoms with Crippen molar-refractivity contribution in [3.8, 4) is 11.8 Å². The Labute approximate surface area is 108 Å². The lowest BCUT2D eigenvalue weighted by Gasteiger charge is -2.01. The second-order valence-electron chi connectivity index (χ2n) is 3.32. The lowest BCUT2D eigenvalue weighted by Crippen LogP contribution is -2.10. The van der Waals surface area contributed by atoms with Gasteiger partial charge in [-0.25, -0.2) is 0 Å². The molecule has 1 aromatic carbocycles. The Morgan fingerprint density at radius 1 is 1.50 bits per heavy atom. The van der Waals surface area contributed by atoms with Crippen molar-refractivity contribution in [2.24, 2.45) is 5.73 Å². The van der Waals surface area contributed by atoms with E-state index in [0.717, 1.165) is 17.1 Å². The van der Waals surface area contributed by atoms with Crippen LogP contribution in [0.3, 0.4) is 0 Å². The summed E-state index contributed by atoms with van der Waals surface area (Å²) >= 11 is 1.13. The second kappa shape index (κ2) is 5.91. The summed E-state index contributed by atoms with van der Waals surface area (Å²) in [5.74, 6) is 5.42. The molecule has 90 valence electrons. The molecule has 6 heteroatoms. The number of nitrogens with zero attached hydrogens (tertiary/aromatic N) is 2. The van der Waals surface area contributed by atoms with Gasteiger partial charge in [0.05, 0.1) is 12.7 Å². The molecule has 0 unspecified atom stereocenters. The number of aromatic nitrogens is 2. The molecule has 0 aliphatic rings. The minimum absolute atomic E-state index is 0.211. The molecule has 0 saturated carbocycles. The molecule has 2 aromatic rings. The Balaban J connectivity index is 2.15. The van der Waals surface area contributed by atoms with Crippen LogP contribution in [-0.4, -0.2) is 22.0 Å². The summed E-state index contributed by atoms with van der Waals surface area (Å²) in [6, 6.07) is 7.04. The highest BCUT2D eigenvalue weighted by molar-refractivity contribution is 7.10. The van der Waals surface area contributed by atoms with Crippen molar-refractivity contribution in [1.82, 2.24) is 9.59 Å². The molecule has 0 spiro atoms. The highest BCUT2D eigenvalue weighted by Crippen LogP contribution is 2.12. The maximum absolute atomic E-state index is 11.9. The van der Waals surface area contributed by atoms with Gasteiger partial charge in [-0.15, -0.1) is 5.10 Å². The van der Waals surface area contributed by atoms with Gasteiger partial charge in [0, 0.05) is 22.7 Å². The Hall–Kier alpha value is -2.23. The zero-order valence-electron chi connectivity index (χ0n) is 9.38. The van der Waals surface area contributed by atoms with E-state index in [1.54, 1.807) is 18.2 Å². The van der Waals surface area contributed by atoms with Crippen LogP contribution in [0.2, 0.25) is 0 Å².